The van der Waals surface area contributed by atoms with Gasteiger partial charge in [-0.1, -0.05) is 19.8 Å². The van der Waals surface area contributed by atoms with Gasteiger partial charge in [-0.25, -0.2) is 9.97 Å². The van der Waals surface area contributed by atoms with E-state index < -0.39 is 0 Å². The molecule has 0 spiro atoms. The summed E-state index contributed by atoms with van der Waals surface area (Å²) in [6, 6.07) is 3.80. The van der Waals surface area contributed by atoms with Gasteiger partial charge in [-0.2, -0.15) is 5.10 Å². The molecule has 2 heterocycles. The minimum atomic E-state index is 0.686. The second-order valence-electron chi connectivity index (χ2n) is 5.15. The number of hydrazone groups is 1. The van der Waals surface area contributed by atoms with E-state index in [9.17, 15) is 0 Å². The summed E-state index contributed by atoms with van der Waals surface area (Å²) in [6.07, 6.45) is 10.4. The first kappa shape index (κ1) is 16.0. The highest BCUT2D eigenvalue weighted by atomic mass is 16.5. The molecule has 0 bridgehead atoms. The van der Waals surface area contributed by atoms with Gasteiger partial charge in [-0.3, -0.25) is 4.57 Å². The van der Waals surface area contributed by atoms with Crippen LogP contribution < -0.4 is 4.74 Å². The molecule has 0 atom stereocenters. The predicted octanol–water partition coefficient (Wildman–Crippen LogP) is 2.62. The number of ether oxygens (including phenoxy) is 1. The second kappa shape index (κ2) is 8.17. The van der Waals surface area contributed by atoms with E-state index in [-0.39, 0.29) is 0 Å². The second-order valence-corrected chi connectivity index (χ2v) is 5.15. The van der Waals surface area contributed by atoms with Crippen molar-refractivity contribution < 1.29 is 4.74 Å². The van der Waals surface area contributed by atoms with Crippen molar-refractivity contribution in [1.82, 2.24) is 19.5 Å². The summed E-state index contributed by atoms with van der Waals surface area (Å²) >= 11 is 0. The van der Waals surface area contributed by atoms with E-state index in [1.165, 1.54) is 6.42 Å². The van der Waals surface area contributed by atoms with Crippen LogP contribution in [0, 0.1) is 0 Å². The van der Waals surface area contributed by atoms with Crippen LogP contribution in [-0.4, -0.2) is 46.1 Å². The Hall–Kier alpha value is -2.37. The van der Waals surface area contributed by atoms with Crippen molar-refractivity contribution >= 4 is 5.84 Å². The molecule has 0 N–H and O–H groups in total. The minimum absolute atomic E-state index is 0.686. The molecule has 0 fully saturated rings. The van der Waals surface area contributed by atoms with Gasteiger partial charge in [-0.15, -0.1) is 0 Å². The number of hydrogen-bond donors (Lipinski definition) is 0. The normalized spacial score (nSPS) is 11.5. The number of hydrogen-bond acceptors (Lipinski definition) is 5. The third-order valence-electron chi connectivity index (χ3n) is 3.03. The van der Waals surface area contributed by atoms with Gasteiger partial charge < -0.3 is 9.75 Å². The maximum Gasteiger partial charge on any atom is 0.187 e. The SMILES string of the molecule is CCCCCOc1cccnc1/C(=N/N(C)C)n1ccnc1. The number of imidazole rings is 1. The summed E-state index contributed by atoms with van der Waals surface area (Å²) in [5, 5.41) is 6.27. The lowest BCUT2D eigenvalue weighted by atomic mass is 10.2. The topological polar surface area (TPSA) is 55.5 Å². The van der Waals surface area contributed by atoms with Crippen LogP contribution in [0.4, 0.5) is 0 Å². The highest BCUT2D eigenvalue weighted by Crippen LogP contribution is 2.18. The molecule has 0 unspecified atom stereocenters. The van der Waals surface area contributed by atoms with Crippen LogP contribution in [0.25, 0.3) is 0 Å². The van der Waals surface area contributed by atoms with E-state index in [1.807, 2.05) is 37.0 Å². The molecule has 2 rings (SSSR count). The molecule has 0 saturated carbocycles. The molecule has 0 radical (unpaired) electrons. The summed E-state index contributed by atoms with van der Waals surface area (Å²) in [4.78, 5) is 8.54. The zero-order valence-corrected chi connectivity index (χ0v) is 13.4. The zero-order chi connectivity index (χ0) is 15.8. The molecule has 0 amide bonds. The van der Waals surface area contributed by atoms with Gasteiger partial charge in [0, 0.05) is 32.7 Å². The van der Waals surface area contributed by atoms with Crippen LogP contribution in [-0.2, 0) is 0 Å². The number of aromatic nitrogens is 3. The Morgan fingerprint density at radius 3 is 2.86 bits per heavy atom. The first-order valence-electron chi connectivity index (χ1n) is 7.54. The lowest BCUT2D eigenvalue weighted by Crippen LogP contribution is -2.19. The Balaban J connectivity index is 2.28. The van der Waals surface area contributed by atoms with Gasteiger partial charge >= 0.3 is 0 Å². The fourth-order valence-corrected chi connectivity index (χ4v) is 2.00. The Morgan fingerprint density at radius 1 is 1.32 bits per heavy atom. The lowest BCUT2D eigenvalue weighted by Gasteiger charge is -2.14. The first-order chi connectivity index (χ1) is 10.7. The van der Waals surface area contributed by atoms with Crippen molar-refractivity contribution in [1.29, 1.82) is 0 Å². The van der Waals surface area contributed by atoms with Crippen molar-refractivity contribution in [3.05, 3.63) is 42.7 Å². The molecule has 22 heavy (non-hydrogen) atoms. The Kier molecular flexibility index (Phi) is 5.94. The third kappa shape index (κ3) is 4.31. The van der Waals surface area contributed by atoms with Gasteiger partial charge in [-0.05, 0) is 18.6 Å². The summed E-state index contributed by atoms with van der Waals surface area (Å²) < 4.78 is 7.74. The van der Waals surface area contributed by atoms with Gasteiger partial charge in [0.15, 0.2) is 5.84 Å². The van der Waals surface area contributed by atoms with Crippen molar-refractivity contribution in [2.75, 3.05) is 20.7 Å². The van der Waals surface area contributed by atoms with Crippen LogP contribution >= 0.6 is 0 Å². The molecular formula is C16H23N5O. The molecule has 0 aliphatic rings. The molecule has 2 aromatic rings. The predicted molar refractivity (Wildman–Crippen MR) is 87.1 cm³/mol. The molecule has 0 aliphatic carbocycles. The Bertz CT molecular complexity index is 592. The average Bonchev–Trinajstić information content (AvgIpc) is 3.04. The molecular weight excluding hydrogens is 278 g/mol. The molecule has 0 aromatic carbocycles. The van der Waals surface area contributed by atoms with E-state index >= 15 is 0 Å². The number of pyridine rings is 1. The van der Waals surface area contributed by atoms with Crippen molar-refractivity contribution in [3.8, 4) is 5.75 Å². The number of rotatable bonds is 7. The van der Waals surface area contributed by atoms with E-state index in [4.69, 9.17) is 4.74 Å². The van der Waals surface area contributed by atoms with Gasteiger partial charge in [0.05, 0.1) is 6.61 Å². The van der Waals surface area contributed by atoms with Crippen LogP contribution in [0.1, 0.15) is 31.9 Å². The molecule has 6 heteroatoms. The van der Waals surface area contributed by atoms with Gasteiger partial charge in [0.2, 0.25) is 0 Å². The van der Waals surface area contributed by atoms with Gasteiger partial charge in [0.1, 0.15) is 17.8 Å². The van der Waals surface area contributed by atoms with Crippen molar-refractivity contribution in [3.63, 3.8) is 0 Å². The summed E-state index contributed by atoms with van der Waals surface area (Å²) in [6.45, 7) is 2.86. The minimum Gasteiger partial charge on any atom is -0.491 e. The maximum atomic E-state index is 5.90. The van der Waals surface area contributed by atoms with Crippen molar-refractivity contribution in [2.45, 2.75) is 26.2 Å². The molecule has 6 nitrogen and oxygen atoms in total. The lowest BCUT2D eigenvalue weighted by molar-refractivity contribution is 0.304. The zero-order valence-electron chi connectivity index (χ0n) is 13.4. The fourth-order valence-electron chi connectivity index (χ4n) is 2.00. The number of nitrogens with zero attached hydrogens (tertiary/aromatic N) is 5. The number of unbranched alkanes of at least 4 members (excludes halogenated alkanes) is 2. The van der Waals surface area contributed by atoms with E-state index in [2.05, 4.69) is 22.0 Å². The van der Waals surface area contributed by atoms with Crippen LogP contribution in [0.3, 0.4) is 0 Å². The highest BCUT2D eigenvalue weighted by Gasteiger charge is 2.14. The summed E-state index contributed by atoms with van der Waals surface area (Å²) in [5.41, 5.74) is 0.714. The van der Waals surface area contributed by atoms with E-state index in [1.54, 1.807) is 23.7 Å². The average molecular weight is 301 g/mol. The maximum absolute atomic E-state index is 5.90. The quantitative estimate of drug-likeness (QED) is 0.341. The van der Waals surface area contributed by atoms with Crippen LogP contribution in [0.5, 0.6) is 5.75 Å². The van der Waals surface area contributed by atoms with Crippen LogP contribution in [0.2, 0.25) is 0 Å². The monoisotopic (exact) mass is 301 g/mol. The Morgan fingerprint density at radius 2 is 2.18 bits per heavy atom. The van der Waals surface area contributed by atoms with Gasteiger partial charge in [0.25, 0.3) is 0 Å². The summed E-state index contributed by atoms with van der Waals surface area (Å²) in [7, 11) is 3.75. The highest BCUT2D eigenvalue weighted by molar-refractivity contribution is 6.00. The Labute approximate surface area is 131 Å². The summed E-state index contributed by atoms with van der Waals surface area (Å²) in [5.74, 6) is 1.43. The third-order valence-corrected chi connectivity index (χ3v) is 3.03. The van der Waals surface area contributed by atoms with Crippen LogP contribution in [0.15, 0.2) is 42.2 Å². The first-order valence-corrected chi connectivity index (χ1v) is 7.54. The molecule has 0 aliphatic heterocycles. The fraction of sp³-hybridized carbons (Fsp3) is 0.438. The smallest absolute Gasteiger partial charge is 0.187 e. The molecule has 2 aromatic heterocycles. The molecule has 118 valence electrons. The standard InChI is InChI=1S/C16H23N5O/c1-4-5-6-12-22-14-8-7-9-18-15(14)16(19-20(2)3)21-11-10-17-13-21/h7-11,13H,4-6,12H2,1-3H3/b19-16-. The van der Waals surface area contributed by atoms with E-state index in [0.717, 1.165) is 18.6 Å². The molecule has 0 saturated heterocycles. The largest absolute Gasteiger partial charge is 0.491 e. The van der Waals surface area contributed by atoms with Crippen molar-refractivity contribution in [2.24, 2.45) is 5.10 Å². The van der Waals surface area contributed by atoms with E-state index in [0.29, 0.717) is 18.1 Å².